The van der Waals surface area contributed by atoms with Crippen LogP contribution in [0, 0.1) is 0 Å². The first-order valence-electron chi connectivity index (χ1n) is 6.00. The highest BCUT2D eigenvalue weighted by atomic mass is 32.2. The molecule has 3 aromatic rings. The molecule has 1 aromatic carbocycles. The minimum atomic E-state index is 0.691. The minimum absolute atomic E-state index is 0.691. The predicted octanol–water partition coefficient (Wildman–Crippen LogP) is 3.50. The average molecular weight is 267 g/mol. The lowest BCUT2D eigenvalue weighted by Crippen LogP contribution is -1.89. The van der Waals surface area contributed by atoms with Crippen LogP contribution < -0.4 is 5.73 Å². The summed E-state index contributed by atoms with van der Waals surface area (Å²) < 4.78 is 0. The van der Waals surface area contributed by atoms with Gasteiger partial charge < -0.3 is 5.73 Å². The third kappa shape index (κ3) is 2.69. The molecule has 2 N–H and O–H groups in total. The zero-order chi connectivity index (χ0) is 13.1. The van der Waals surface area contributed by atoms with E-state index in [0.29, 0.717) is 5.69 Å². The van der Waals surface area contributed by atoms with Gasteiger partial charge in [-0.1, -0.05) is 24.3 Å². The van der Waals surface area contributed by atoms with Crippen LogP contribution in [0.2, 0.25) is 0 Å². The third-order valence-electron chi connectivity index (χ3n) is 2.85. The Kier molecular flexibility index (Phi) is 3.33. The van der Waals surface area contributed by atoms with E-state index in [1.165, 1.54) is 10.9 Å². The number of rotatable bonds is 3. The van der Waals surface area contributed by atoms with Gasteiger partial charge in [0.15, 0.2) is 0 Å². The van der Waals surface area contributed by atoms with Crippen molar-refractivity contribution < 1.29 is 0 Å². The maximum atomic E-state index is 5.63. The van der Waals surface area contributed by atoms with E-state index in [0.717, 1.165) is 16.3 Å². The number of aromatic nitrogens is 2. The monoisotopic (exact) mass is 267 g/mol. The summed E-state index contributed by atoms with van der Waals surface area (Å²) in [7, 11) is 0. The average Bonchev–Trinajstić information content (AvgIpc) is 2.47. The molecule has 19 heavy (non-hydrogen) atoms. The van der Waals surface area contributed by atoms with E-state index in [4.69, 9.17) is 5.73 Å². The summed E-state index contributed by atoms with van der Waals surface area (Å²) >= 11 is 1.69. The number of fused-ring (bicyclic) bond motifs is 1. The number of benzene rings is 1. The molecule has 0 aliphatic carbocycles. The van der Waals surface area contributed by atoms with Gasteiger partial charge in [0.25, 0.3) is 0 Å². The van der Waals surface area contributed by atoms with E-state index >= 15 is 0 Å². The highest BCUT2D eigenvalue weighted by molar-refractivity contribution is 7.98. The van der Waals surface area contributed by atoms with Crippen LogP contribution in [0.3, 0.4) is 0 Å². The molecule has 0 aliphatic rings. The van der Waals surface area contributed by atoms with Gasteiger partial charge in [0.05, 0.1) is 22.4 Å². The number of pyridine rings is 2. The first-order valence-corrected chi connectivity index (χ1v) is 6.98. The summed E-state index contributed by atoms with van der Waals surface area (Å²) in [5.74, 6) is 0.852. The molecule has 3 rings (SSSR count). The van der Waals surface area contributed by atoms with Crippen molar-refractivity contribution in [2.75, 3.05) is 5.73 Å². The Bertz CT molecular complexity index is 690. The largest absolute Gasteiger partial charge is 0.397 e. The molecule has 4 heteroatoms. The van der Waals surface area contributed by atoms with Crippen molar-refractivity contribution >= 4 is 28.4 Å². The fourth-order valence-corrected chi connectivity index (χ4v) is 2.74. The van der Waals surface area contributed by atoms with Crippen molar-refractivity contribution in [3.63, 3.8) is 0 Å². The van der Waals surface area contributed by atoms with E-state index < -0.39 is 0 Å². The first-order chi connectivity index (χ1) is 9.33. The number of hydrogen-bond acceptors (Lipinski definition) is 4. The third-order valence-corrected chi connectivity index (χ3v) is 3.84. The van der Waals surface area contributed by atoms with Crippen molar-refractivity contribution in [1.29, 1.82) is 0 Å². The number of para-hydroxylation sites is 1. The van der Waals surface area contributed by atoms with E-state index in [2.05, 4.69) is 34.2 Å². The molecule has 0 atom stereocenters. The van der Waals surface area contributed by atoms with E-state index in [-0.39, 0.29) is 0 Å². The van der Waals surface area contributed by atoms with Crippen molar-refractivity contribution in [3.05, 3.63) is 60.4 Å². The molecule has 0 saturated heterocycles. The summed E-state index contributed by atoms with van der Waals surface area (Å²) in [5.41, 5.74) is 8.60. The fourth-order valence-electron chi connectivity index (χ4n) is 1.91. The number of nitrogens with zero attached hydrogens (tertiary/aromatic N) is 2. The summed E-state index contributed by atoms with van der Waals surface area (Å²) in [4.78, 5) is 8.74. The Balaban J connectivity index is 1.84. The van der Waals surface area contributed by atoms with Gasteiger partial charge in [-0.3, -0.25) is 4.98 Å². The van der Waals surface area contributed by atoms with Crippen LogP contribution in [0.25, 0.3) is 10.9 Å². The maximum absolute atomic E-state index is 5.63. The molecule has 2 aromatic heterocycles. The number of thioether (sulfide) groups is 1. The SMILES string of the molecule is Nc1ccc(SCc2cccc3cccnc23)nc1. The Morgan fingerprint density at radius 3 is 2.74 bits per heavy atom. The first kappa shape index (κ1) is 12.0. The molecule has 0 aliphatic heterocycles. The van der Waals surface area contributed by atoms with Gasteiger partial charge in [0, 0.05) is 17.3 Å². The number of nitrogen functional groups attached to an aromatic ring is 1. The molecule has 0 fully saturated rings. The topological polar surface area (TPSA) is 51.8 Å². The quantitative estimate of drug-likeness (QED) is 0.738. The van der Waals surface area contributed by atoms with Crippen LogP contribution >= 0.6 is 11.8 Å². The molecular weight excluding hydrogens is 254 g/mol. The fraction of sp³-hybridized carbons (Fsp3) is 0.0667. The van der Waals surface area contributed by atoms with Gasteiger partial charge in [-0.15, -0.1) is 11.8 Å². The Hall–Kier alpha value is -2.07. The van der Waals surface area contributed by atoms with Crippen molar-refractivity contribution in [3.8, 4) is 0 Å². The van der Waals surface area contributed by atoms with E-state index in [1.54, 1.807) is 18.0 Å². The molecule has 0 spiro atoms. The molecular formula is C15H13N3S. The highest BCUT2D eigenvalue weighted by Gasteiger charge is 2.03. The van der Waals surface area contributed by atoms with Crippen LogP contribution in [0.4, 0.5) is 5.69 Å². The molecule has 0 saturated carbocycles. The number of hydrogen-bond donors (Lipinski definition) is 1. The van der Waals surface area contributed by atoms with Gasteiger partial charge in [-0.05, 0) is 23.8 Å². The smallest absolute Gasteiger partial charge is 0.0964 e. The van der Waals surface area contributed by atoms with Gasteiger partial charge in [0.1, 0.15) is 0 Å². The molecule has 0 bridgehead atoms. The Labute approximate surface area is 115 Å². The summed E-state index contributed by atoms with van der Waals surface area (Å²) in [6, 6.07) is 14.1. The molecule has 3 nitrogen and oxygen atoms in total. The number of anilines is 1. The second-order valence-electron chi connectivity index (χ2n) is 4.21. The van der Waals surface area contributed by atoms with Gasteiger partial charge >= 0.3 is 0 Å². The molecule has 0 amide bonds. The second kappa shape index (κ2) is 5.28. The van der Waals surface area contributed by atoms with Gasteiger partial charge in [0.2, 0.25) is 0 Å². The zero-order valence-corrected chi connectivity index (χ0v) is 11.1. The van der Waals surface area contributed by atoms with E-state index in [9.17, 15) is 0 Å². The van der Waals surface area contributed by atoms with Crippen LogP contribution in [-0.4, -0.2) is 9.97 Å². The van der Waals surface area contributed by atoms with Crippen molar-refractivity contribution in [1.82, 2.24) is 9.97 Å². The summed E-state index contributed by atoms with van der Waals surface area (Å²) in [6.45, 7) is 0. The zero-order valence-electron chi connectivity index (χ0n) is 10.3. The molecule has 0 unspecified atom stereocenters. The lowest BCUT2D eigenvalue weighted by Gasteiger charge is -2.05. The summed E-state index contributed by atoms with van der Waals surface area (Å²) in [5, 5.41) is 2.15. The Morgan fingerprint density at radius 2 is 1.89 bits per heavy atom. The molecule has 94 valence electrons. The lowest BCUT2D eigenvalue weighted by atomic mass is 10.1. The van der Waals surface area contributed by atoms with Crippen LogP contribution in [0.5, 0.6) is 0 Å². The normalized spacial score (nSPS) is 10.7. The predicted molar refractivity (Wildman–Crippen MR) is 80.0 cm³/mol. The van der Waals surface area contributed by atoms with Crippen molar-refractivity contribution in [2.24, 2.45) is 0 Å². The summed E-state index contributed by atoms with van der Waals surface area (Å²) in [6.07, 6.45) is 3.52. The number of nitrogens with two attached hydrogens (primary N) is 1. The molecule has 0 radical (unpaired) electrons. The van der Waals surface area contributed by atoms with Crippen LogP contribution in [-0.2, 0) is 5.75 Å². The van der Waals surface area contributed by atoms with Crippen molar-refractivity contribution in [2.45, 2.75) is 10.8 Å². The Morgan fingerprint density at radius 1 is 1.00 bits per heavy atom. The molecule has 2 heterocycles. The highest BCUT2D eigenvalue weighted by Crippen LogP contribution is 2.25. The lowest BCUT2D eigenvalue weighted by molar-refractivity contribution is 1.13. The van der Waals surface area contributed by atoms with Crippen LogP contribution in [0.15, 0.2) is 59.9 Å². The van der Waals surface area contributed by atoms with Gasteiger partial charge in [-0.2, -0.15) is 0 Å². The standard InChI is InChI=1S/C15H13N3S/c16-13-6-7-14(18-9-13)19-10-12-4-1-3-11-5-2-8-17-15(11)12/h1-9H,10,16H2. The maximum Gasteiger partial charge on any atom is 0.0964 e. The van der Waals surface area contributed by atoms with E-state index in [1.807, 2.05) is 24.4 Å². The van der Waals surface area contributed by atoms with Crippen LogP contribution in [0.1, 0.15) is 5.56 Å². The minimum Gasteiger partial charge on any atom is -0.397 e. The van der Waals surface area contributed by atoms with Gasteiger partial charge in [-0.25, -0.2) is 4.98 Å². The second-order valence-corrected chi connectivity index (χ2v) is 5.21.